The summed E-state index contributed by atoms with van der Waals surface area (Å²) in [6, 6.07) is -0.803. The predicted octanol–water partition coefficient (Wildman–Crippen LogP) is 23.0. The molecule has 0 aromatic rings. The standard InChI is InChI=1S/C80H157NO8/c1-3-5-7-9-11-13-15-17-19-21-23-25-27-29-31-33-35-37-38-40-42-44-46-48-50-52-54-56-58-60-62-64-66-68-70-76(84)81-73(72-88-80-79(87)78(86)77(85)75(71-82)89-80)74(83)69-67-65-63-61-59-57-55-53-51-49-47-45-43-41-39-36-34-32-30-28-26-24-22-20-18-16-14-12-10-8-6-4-2/h67,69,73-75,77-80,82-83,85-87H,3-66,68,70-72H2,1-2H3,(H,81,84)/b69-67+. The molecule has 1 heterocycles. The Balaban J connectivity index is 2.05. The van der Waals surface area contributed by atoms with Crippen molar-refractivity contribution in [2.75, 3.05) is 13.2 Å². The van der Waals surface area contributed by atoms with E-state index in [1.54, 1.807) is 6.08 Å². The van der Waals surface area contributed by atoms with Crippen molar-refractivity contribution in [2.45, 2.75) is 480 Å². The summed E-state index contributed by atoms with van der Waals surface area (Å²) in [5, 5.41) is 54.9. The number of nitrogens with one attached hydrogen (secondary N) is 1. The molecule has 1 fully saturated rings. The van der Waals surface area contributed by atoms with Gasteiger partial charge in [-0.1, -0.05) is 424 Å². The third-order valence-corrected chi connectivity index (χ3v) is 19.9. The third kappa shape index (κ3) is 58.1. The molecule has 9 heteroatoms. The summed E-state index contributed by atoms with van der Waals surface area (Å²) < 4.78 is 11.4. The van der Waals surface area contributed by atoms with Crippen molar-refractivity contribution >= 4 is 5.91 Å². The van der Waals surface area contributed by atoms with Crippen LogP contribution < -0.4 is 5.32 Å². The first-order valence-electron chi connectivity index (χ1n) is 40.4. The van der Waals surface area contributed by atoms with Gasteiger partial charge in [0.2, 0.25) is 5.91 Å². The number of carbonyl (C=O) groups is 1. The highest BCUT2D eigenvalue weighted by atomic mass is 16.7. The second-order valence-electron chi connectivity index (χ2n) is 28.6. The van der Waals surface area contributed by atoms with Crippen LogP contribution in [0.2, 0.25) is 0 Å². The maximum atomic E-state index is 13.2. The van der Waals surface area contributed by atoms with E-state index in [2.05, 4.69) is 19.2 Å². The Bertz CT molecular complexity index is 1410. The average molecular weight is 1260 g/mol. The monoisotopic (exact) mass is 1260 g/mol. The number of unbranched alkanes of at least 4 members (excludes halogenated alkanes) is 63. The fourth-order valence-electron chi connectivity index (χ4n) is 13.6. The van der Waals surface area contributed by atoms with Crippen molar-refractivity contribution in [1.29, 1.82) is 0 Å². The number of rotatable bonds is 73. The van der Waals surface area contributed by atoms with E-state index in [0.717, 1.165) is 38.5 Å². The van der Waals surface area contributed by atoms with Crippen LogP contribution in [-0.4, -0.2) is 87.5 Å². The van der Waals surface area contributed by atoms with E-state index in [1.807, 2.05) is 6.08 Å². The maximum absolute atomic E-state index is 13.2. The molecule has 1 aliphatic rings. The largest absolute Gasteiger partial charge is 0.394 e. The molecule has 0 aromatic carbocycles. The summed E-state index contributed by atoms with van der Waals surface area (Å²) in [5.41, 5.74) is 0. The fourth-order valence-corrected chi connectivity index (χ4v) is 13.6. The van der Waals surface area contributed by atoms with Crippen LogP contribution in [0.15, 0.2) is 12.2 Å². The molecule has 89 heavy (non-hydrogen) atoms. The molecule has 0 saturated carbocycles. The van der Waals surface area contributed by atoms with Crippen LogP contribution in [0, 0.1) is 0 Å². The normalized spacial score (nSPS) is 17.8. The minimum atomic E-state index is -1.57. The van der Waals surface area contributed by atoms with E-state index in [0.29, 0.717) is 6.42 Å². The summed E-state index contributed by atoms with van der Waals surface area (Å²) >= 11 is 0. The van der Waals surface area contributed by atoms with Crippen LogP contribution in [0.1, 0.15) is 438 Å². The number of aliphatic hydroxyl groups excluding tert-OH is 5. The van der Waals surface area contributed by atoms with Crippen LogP contribution in [0.25, 0.3) is 0 Å². The van der Waals surface area contributed by atoms with Gasteiger partial charge in [0, 0.05) is 6.42 Å². The summed E-state index contributed by atoms with van der Waals surface area (Å²) in [6.45, 7) is 3.86. The van der Waals surface area contributed by atoms with Gasteiger partial charge >= 0.3 is 0 Å². The number of amides is 1. The molecule has 0 spiro atoms. The van der Waals surface area contributed by atoms with Crippen LogP contribution >= 0.6 is 0 Å². The summed E-state index contributed by atoms with van der Waals surface area (Å²) in [7, 11) is 0. The van der Waals surface area contributed by atoms with Gasteiger partial charge in [0.25, 0.3) is 0 Å². The quantitative estimate of drug-likeness (QED) is 0.0261. The zero-order valence-corrected chi connectivity index (χ0v) is 59.7. The van der Waals surface area contributed by atoms with Gasteiger partial charge in [-0.05, 0) is 19.3 Å². The van der Waals surface area contributed by atoms with Crippen LogP contribution in [0.4, 0.5) is 0 Å². The highest BCUT2D eigenvalue weighted by Crippen LogP contribution is 2.24. The van der Waals surface area contributed by atoms with Gasteiger partial charge in [0.15, 0.2) is 6.29 Å². The molecule has 0 aliphatic carbocycles. The summed E-state index contributed by atoms with van der Waals surface area (Å²) in [4.78, 5) is 13.2. The summed E-state index contributed by atoms with van der Waals surface area (Å²) in [5.74, 6) is -0.165. The van der Waals surface area contributed by atoms with E-state index in [9.17, 15) is 30.3 Å². The third-order valence-electron chi connectivity index (χ3n) is 19.9. The van der Waals surface area contributed by atoms with Gasteiger partial charge in [0.1, 0.15) is 24.4 Å². The maximum Gasteiger partial charge on any atom is 0.220 e. The number of hydrogen-bond acceptors (Lipinski definition) is 8. The molecule has 1 aliphatic heterocycles. The van der Waals surface area contributed by atoms with Crippen molar-refractivity contribution in [3.63, 3.8) is 0 Å². The van der Waals surface area contributed by atoms with E-state index in [-0.39, 0.29) is 12.5 Å². The van der Waals surface area contributed by atoms with E-state index >= 15 is 0 Å². The fraction of sp³-hybridized carbons (Fsp3) is 0.963. The van der Waals surface area contributed by atoms with Crippen molar-refractivity contribution < 1.29 is 39.8 Å². The van der Waals surface area contributed by atoms with Gasteiger partial charge in [0.05, 0.1) is 25.4 Å². The summed E-state index contributed by atoms with van der Waals surface area (Å²) in [6.07, 6.45) is 85.2. The van der Waals surface area contributed by atoms with Crippen LogP contribution in [0.3, 0.4) is 0 Å². The Hall–Kier alpha value is -1.07. The first-order chi connectivity index (χ1) is 43.8. The van der Waals surface area contributed by atoms with Crippen LogP contribution in [-0.2, 0) is 14.3 Å². The van der Waals surface area contributed by atoms with Crippen molar-refractivity contribution in [1.82, 2.24) is 5.32 Å². The average Bonchev–Trinajstić information content (AvgIpc) is 2.47. The molecule has 0 bridgehead atoms. The van der Waals surface area contributed by atoms with Crippen LogP contribution in [0.5, 0.6) is 0 Å². The highest BCUT2D eigenvalue weighted by Gasteiger charge is 2.44. The molecule has 1 saturated heterocycles. The first-order valence-corrected chi connectivity index (χ1v) is 40.4. The first kappa shape index (κ1) is 85.9. The van der Waals surface area contributed by atoms with Gasteiger partial charge in [-0.15, -0.1) is 0 Å². The van der Waals surface area contributed by atoms with Crippen molar-refractivity contribution in [2.24, 2.45) is 0 Å². The lowest BCUT2D eigenvalue weighted by Gasteiger charge is -2.40. The SMILES string of the molecule is CCCCCCCCCCCCCCCCCCCCCCCCCCCCCCCC/C=C/C(O)C(COC1OC(CO)C(O)C(O)C1O)NC(=O)CCCCCCCCCCCCCCCCCCCCCCCCCCCCCCCCCCCC. The minimum absolute atomic E-state index is 0.165. The smallest absolute Gasteiger partial charge is 0.220 e. The Labute approximate surface area is 554 Å². The molecule has 530 valence electrons. The lowest BCUT2D eigenvalue weighted by Crippen LogP contribution is -2.60. The van der Waals surface area contributed by atoms with E-state index in [4.69, 9.17) is 9.47 Å². The lowest BCUT2D eigenvalue weighted by atomic mass is 9.99. The lowest BCUT2D eigenvalue weighted by molar-refractivity contribution is -0.302. The Morgan fingerprint density at radius 3 is 0.876 bits per heavy atom. The molecule has 6 N–H and O–H groups in total. The molecular formula is C80H157NO8. The predicted molar refractivity (Wildman–Crippen MR) is 383 cm³/mol. The molecule has 7 atom stereocenters. The number of ether oxygens (including phenoxy) is 2. The van der Waals surface area contributed by atoms with Gasteiger partial charge in [-0.2, -0.15) is 0 Å². The molecule has 9 nitrogen and oxygen atoms in total. The Kier molecular flexibility index (Phi) is 67.4. The topological polar surface area (TPSA) is 149 Å². The molecule has 0 radical (unpaired) electrons. The van der Waals surface area contributed by atoms with Gasteiger partial charge in [-0.25, -0.2) is 0 Å². The van der Waals surface area contributed by atoms with E-state index in [1.165, 1.54) is 379 Å². The van der Waals surface area contributed by atoms with Crippen molar-refractivity contribution in [3.05, 3.63) is 12.2 Å². The number of aliphatic hydroxyl groups is 5. The second-order valence-corrected chi connectivity index (χ2v) is 28.6. The Morgan fingerprint density at radius 1 is 0.371 bits per heavy atom. The number of allylic oxidation sites excluding steroid dienone is 1. The molecule has 0 aromatic heterocycles. The molecule has 1 rings (SSSR count). The number of carbonyl (C=O) groups excluding carboxylic acids is 1. The Morgan fingerprint density at radius 2 is 0.618 bits per heavy atom. The minimum Gasteiger partial charge on any atom is -0.394 e. The van der Waals surface area contributed by atoms with Crippen molar-refractivity contribution in [3.8, 4) is 0 Å². The zero-order chi connectivity index (χ0) is 64.2. The molecule has 1 amide bonds. The number of hydrogen-bond donors (Lipinski definition) is 6. The molecular weight excluding hydrogens is 1100 g/mol. The zero-order valence-electron chi connectivity index (χ0n) is 59.7. The van der Waals surface area contributed by atoms with E-state index < -0.39 is 49.5 Å². The second kappa shape index (κ2) is 69.8. The molecule has 7 unspecified atom stereocenters. The van der Waals surface area contributed by atoms with Gasteiger partial charge in [-0.3, -0.25) is 4.79 Å². The van der Waals surface area contributed by atoms with Gasteiger partial charge < -0.3 is 40.3 Å². The highest BCUT2D eigenvalue weighted by molar-refractivity contribution is 5.76.